The van der Waals surface area contributed by atoms with Gasteiger partial charge >= 0.3 is 11.9 Å². The Balaban J connectivity index is 4.53. The van der Waals surface area contributed by atoms with Crippen molar-refractivity contribution in [3.8, 4) is 0 Å². The summed E-state index contributed by atoms with van der Waals surface area (Å²) in [5.74, 6) is -0.572. The average Bonchev–Trinajstić information content (AvgIpc) is 3.30. The summed E-state index contributed by atoms with van der Waals surface area (Å²) in [4.78, 5) is 25.3. The van der Waals surface area contributed by atoms with Crippen LogP contribution in [-0.2, 0) is 23.8 Å². The molecule has 0 aromatic carbocycles. The first kappa shape index (κ1) is 59.5. The van der Waals surface area contributed by atoms with Gasteiger partial charge in [-0.25, -0.2) is 0 Å². The maximum Gasteiger partial charge on any atom is 0.306 e. The summed E-state index contributed by atoms with van der Waals surface area (Å²) in [7, 11) is 0. The monoisotopic (exact) mass is 879 g/mol. The number of unbranched alkanes of at least 4 members (excludes halogenated alkanes) is 6. The van der Waals surface area contributed by atoms with Gasteiger partial charge in [-0.3, -0.25) is 9.59 Å². The van der Waals surface area contributed by atoms with Gasteiger partial charge in [0.05, 0.1) is 6.61 Å². The molecule has 0 heterocycles. The van der Waals surface area contributed by atoms with Crippen LogP contribution in [0.25, 0.3) is 0 Å². The molecular weight excluding hydrogens is 789 g/mol. The van der Waals surface area contributed by atoms with Crippen LogP contribution < -0.4 is 0 Å². The van der Waals surface area contributed by atoms with Crippen molar-refractivity contribution in [3.05, 3.63) is 158 Å². The molecule has 0 aliphatic carbocycles. The number of esters is 2. The van der Waals surface area contributed by atoms with Crippen LogP contribution in [0.15, 0.2) is 158 Å². The van der Waals surface area contributed by atoms with Gasteiger partial charge < -0.3 is 14.2 Å². The van der Waals surface area contributed by atoms with E-state index in [0.717, 1.165) is 135 Å². The van der Waals surface area contributed by atoms with Crippen molar-refractivity contribution in [2.45, 2.75) is 181 Å². The van der Waals surface area contributed by atoms with Gasteiger partial charge in [0.15, 0.2) is 6.10 Å². The van der Waals surface area contributed by atoms with E-state index in [1.165, 1.54) is 0 Å². The highest BCUT2D eigenvalue weighted by atomic mass is 16.6. The zero-order chi connectivity index (χ0) is 46.3. The molecule has 0 fully saturated rings. The van der Waals surface area contributed by atoms with E-state index in [9.17, 15) is 9.59 Å². The highest BCUT2D eigenvalue weighted by molar-refractivity contribution is 5.70. The molecule has 5 nitrogen and oxygen atoms in total. The Morgan fingerprint density at radius 2 is 0.688 bits per heavy atom. The first-order valence-corrected chi connectivity index (χ1v) is 25.0. The molecule has 1 unspecified atom stereocenters. The molecule has 5 heteroatoms. The first-order chi connectivity index (χ1) is 31.6. The second-order valence-electron chi connectivity index (χ2n) is 15.6. The minimum absolute atomic E-state index is 0.00718. The van der Waals surface area contributed by atoms with E-state index in [4.69, 9.17) is 14.2 Å². The van der Waals surface area contributed by atoms with Gasteiger partial charge in [0, 0.05) is 19.4 Å². The van der Waals surface area contributed by atoms with Gasteiger partial charge in [-0.1, -0.05) is 192 Å². The molecule has 0 amide bonds. The molecule has 0 aliphatic heterocycles. The molecule has 0 radical (unpaired) electrons. The molecular formula is C59H90O5. The van der Waals surface area contributed by atoms with Crippen molar-refractivity contribution in [2.24, 2.45) is 0 Å². The minimum atomic E-state index is -0.612. The van der Waals surface area contributed by atoms with Crippen molar-refractivity contribution in [1.82, 2.24) is 0 Å². The number of carbonyl (C=O) groups excluding carboxylic acids is 2. The van der Waals surface area contributed by atoms with Gasteiger partial charge in [0.2, 0.25) is 0 Å². The fourth-order valence-corrected chi connectivity index (χ4v) is 5.95. The third-order valence-corrected chi connectivity index (χ3v) is 9.55. The van der Waals surface area contributed by atoms with Crippen LogP contribution in [0.5, 0.6) is 0 Å². The lowest BCUT2D eigenvalue weighted by Gasteiger charge is -2.18. The van der Waals surface area contributed by atoms with Gasteiger partial charge in [-0.05, 0) is 128 Å². The summed E-state index contributed by atoms with van der Waals surface area (Å²) < 4.78 is 17.2. The van der Waals surface area contributed by atoms with Crippen LogP contribution in [-0.4, -0.2) is 37.9 Å². The standard InChI is InChI=1S/C59H90O5/c1-4-7-10-13-16-19-22-25-28-29-30-31-33-34-37-40-43-46-49-52-58(60)63-56-57(55-62-54-51-48-45-42-39-36-27-24-21-18-15-12-9-6-3)64-59(61)53-50-47-44-41-38-35-32-26-23-20-17-14-11-8-5-2/h7-12,16-21,25-28,30-32,34,36-38,41,43,46,57H,4-6,13-15,22-24,29,33,35,39-40,42,44-45,47-56H2,1-3H3/b10-7-,11-8-,12-9-,19-16-,20-17-,21-18-,28-25-,31-30-,32-26-,36-27-,37-34-,41-38-,46-43-. The molecule has 0 saturated carbocycles. The van der Waals surface area contributed by atoms with Crippen LogP contribution in [0, 0.1) is 0 Å². The smallest absolute Gasteiger partial charge is 0.306 e. The number of carbonyl (C=O) groups is 2. The molecule has 0 bridgehead atoms. The lowest BCUT2D eigenvalue weighted by atomic mass is 10.1. The van der Waals surface area contributed by atoms with Gasteiger partial charge in [-0.15, -0.1) is 0 Å². The third kappa shape index (κ3) is 50.2. The van der Waals surface area contributed by atoms with Crippen LogP contribution in [0.4, 0.5) is 0 Å². The Kier molecular flexibility index (Phi) is 49.2. The number of ether oxygens (including phenoxy) is 3. The van der Waals surface area contributed by atoms with Crippen LogP contribution in [0.2, 0.25) is 0 Å². The van der Waals surface area contributed by atoms with Crippen LogP contribution in [0.1, 0.15) is 175 Å². The van der Waals surface area contributed by atoms with E-state index < -0.39 is 6.10 Å². The molecule has 0 spiro atoms. The Bertz CT molecular complexity index is 1460. The van der Waals surface area contributed by atoms with E-state index in [1.807, 2.05) is 6.08 Å². The summed E-state index contributed by atoms with van der Waals surface area (Å²) in [5.41, 5.74) is 0. The highest BCUT2D eigenvalue weighted by Crippen LogP contribution is 2.09. The summed E-state index contributed by atoms with van der Waals surface area (Å²) in [5, 5.41) is 0. The van der Waals surface area contributed by atoms with Gasteiger partial charge in [0.25, 0.3) is 0 Å². The SMILES string of the molecule is CC/C=C\C/C=C\C/C=C\C/C=C\C/C=C\C/C=C\CCC(=O)OCC(COCCCCCC/C=C\C/C=C\C/C=C\CC)OC(=O)CCCC/C=C\C/C=C\C/C=C\C/C=C\CC. The average molecular weight is 879 g/mol. The summed E-state index contributed by atoms with van der Waals surface area (Å²) in [6.45, 7) is 7.27. The second kappa shape index (κ2) is 52.9. The molecule has 0 aromatic heterocycles. The molecule has 0 aromatic rings. The minimum Gasteiger partial charge on any atom is -0.462 e. The Hall–Kier alpha value is -4.48. The van der Waals surface area contributed by atoms with Crippen LogP contribution in [0.3, 0.4) is 0 Å². The fraction of sp³-hybridized carbons (Fsp3) is 0.525. The highest BCUT2D eigenvalue weighted by Gasteiger charge is 2.17. The third-order valence-electron chi connectivity index (χ3n) is 9.55. The number of hydrogen-bond donors (Lipinski definition) is 0. The van der Waals surface area contributed by atoms with E-state index >= 15 is 0 Å². The molecule has 0 N–H and O–H groups in total. The van der Waals surface area contributed by atoms with Gasteiger partial charge in [-0.2, -0.15) is 0 Å². The topological polar surface area (TPSA) is 61.8 Å². The maximum atomic E-state index is 12.8. The fourth-order valence-electron chi connectivity index (χ4n) is 5.95. The lowest BCUT2D eigenvalue weighted by Crippen LogP contribution is -2.30. The second-order valence-corrected chi connectivity index (χ2v) is 15.6. The zero-order valence-corrected chi connectivity index (χ0v) is 40.7. The molecule has 0 saturated heterocycles. The normalized spacial score (nSPS) is 13.6. The Labute approximate surface area is 393 Å². The Morgan fingerprint density at radius 1 is 0.344 bits per heavy atom. The van der Waals surface area contributed by atoms with E-state index in [1.54, 1.807) is 0 Å². The van der Waals surface area contributed by atoms with Crippen molar-refractivity contribution in [3.63, 3.8) is 0 Å². The van der Waals surface area contributed by atoms with Gasteiger partial charge in [0.1, 0.15) is 6.61 Å². The molecule has 1 atom stereocenters. The van der Waals surface area contributed by atoms with E-state index in [-0.39, 0.29) is 31.6 Å². The molecule has 0 rings (SSSR count). The molecule has 0 aliphatic rings. The van der Waals surface area contributed by atoms with E-state index in [0.29, 0.717) is 19.4 Å². The lowest BCUT2D eigenvalue weighted by molar-refractivity contribution is -0.162. The molecule has 356 valence electrons. The zero-order valence-electron chi connectivity index (χ0n) is 40.7. The predicted molar refractivity (Wildman–Crippen MR) is 278 cm³/mol. The summed E-state index contributed by atoms with van der Waals surface area (Å²) >= 11 is 0. The quantitative estimate of drug-likeness (QED) is 0.0347. The number of allylic oxidation sites excluding steroid dienone is 26. The van der Waals surface area contributed by atoms with E-state index in [2.05, 4.69) is 173 Å². The maximum absolute atomic E-state index is 12.8. The first-order valence-electron chi connectivity index (χ1n) is 25.0. The van der Waals surface area contributed by atoms with Crippen LogP contribution >= 0.6 is 0 Å². The number of hydrogen-bond acceptors (Lipinski definition) is 5. The number of rotatable bonds is 43. The summed E-state index contributed by atoms with van der Waals surface area (Å²) in [6, 6.07) is 0. The van der Waals surface area contributed by atoms with Crippen molar-refractivity contribution >= 4 is 11.9 Å². The van der Waals surface area contributed by atoms with Crippen molar-refractivity contribution in [2.75, 3.05) is 19.8 Å². The Morgan fingerprint density at radius 3 is 1.09 bits per heavy atom. The van der Waals surface area contributed by atoms with Crippen molar-refractivity contribution in [1.29, 1.82) is 0 Å². The predicted octanol–water partition coefficient (Wildman–Crippen LogP) is 17.1. The largest absolute Gasteiger partial charge is 0.462 e. The molecule has 64 heavy (non-hydrogen) atoms. The van der Waals surface area contributed by atoms with Crippen molar-refractivity contribution < 1.29 is 23.8 Å². The summed E-state index contributed by atoms with van der Waals surface area (Å²) in [6.07, 6.45) is 78.4.